The number of H-pyrrole nitrogens is 1. The van der Waals surface area contributed by atoms with Crippen molar-refractivity contribution in [2.75, 3.05) is 7.11 Å². The van der Waals surface area contributed by atoms with Gasteiger partial charge in [0.1, 0.15) is 23.4 Å². The van der Waals surface area contributed by atoms with Crippen molar-refractivity contribution in [2.45, 2.75) is 6.10 Å². The number of hydrogen-bond donors (Lipinski definition) is 1. The van der Waals surface area contributed by atoms with Gasteiger partial charge in [-0.1, -0.05) is 6.07 Å². The third-order valence-electron chi connectivity index (χ3n) is 3.31. The van der Waals surface area contributed by atoms with Crippen LogP contribution in [0.5, 0.6) is 0 Å². The Morgan fingerprint density at radius 2 is 2.00 bits per heavy atom. The van der Waals surface area contributed by atoms with Crippen LogP contribution in [0.25, 0.3) is 11.0 Å². The summed E-state index contributed by atoms with van der Waals surface area (Å²) in [4.78, 5) is 7.19. The number of pyridine rings is 1. The molecular formula is C15H11BrF2N2O. The van der Waals surface area contributed by atoms with Gasteiger partial charge in [-0.25, -0.2) is 13.8 Å². The van der Waals surface area contributed by atoms with E-state index in [1.165, 1.54) is 25.3 Å². The van der Waals surface area contributed by atoms with E-state index in [-0.39, 0.29) is 5.56 Å². The minimum Gasteiger partial charge on any atom is -0.372 e. The quantitative estimate of drug-likeness (QED) is 0.761. The largest absolute Gasteiger partial charge is 0.372 e. The number of halogens is 3. The minimum absolute atomic E-state index is 0.110. The number of nitrogens with one attached hydrogen (secondary N) is 1. The molecule has 0 fully saturated rings. The van der Waals surface area contributed by atoms with E-state index in [1.807, 2.05) is 6.07 Å². The summed E-state index contributed by atoms with van der Waals surface area (Å²) in [5, 5.41) is 0.749. The number of fused-ring (bicyclic) bond motifs is 1. The van der Waals surface area contributed by atoms with Gasteiger partial charge in [-0.15, -0.1) is 0 Å². The molecule has 0 aliphatic rings. The first kappa shape index (κ1) is 14.2. The molecule has 1 N–H and O–H groups in total. The highest BCUT2D eigenvalue weighted by molar-refractivity contribution is 9.10. The second-order valence-electron chi connectivity index (χ2n) is 4.54. The van der Waals surface area contributed by atoms with Crippen LogP contribution in [0.3, 0.4) is 0 Å². The molecule has 0 aliphatic heterocycles. The fourth-order valence-corrected chi connectivity index (χ4v) is 2.71. The zero-order valence-electron chi connectivity index (χ0n) is 11.0. The first-order valence-corrected chi connectivity index (χ1v) is 7.00. The first-order valence-electron chi connectivity index (χ1n) is 6.21. The Labute approximate surface area is 128 Å². The monoisotopic (exact) mass is 352 g/mol. The van der Waals surface area contributed by atoms with Gasteiger partial charge >= 0.3 is 0 Å². The SMILES string of the molecule is COC(c1c(F)cccc1F)c1c[nH]c2ncc(Br)cc12. The smallest absolute Gasteiger partial charge is 0.137 e. The van der Waals surface area contributed by atoms with Gasteiger partial charge in [0.05, 0.1) is 5.56 Å². The zero-order chi connectivity index (χ0) is 15.0. The van der Waals surface area contributed by atoms with Crippen molar-refractivity contribution in [3.8, 4) is 0 Å². The van der Waals surface area contributed by atoms with Crippen molar-refractivity contribution in [1.82, 2.24) is 9.97 Å². The predicted octanol–water partition coefficient (Wildman–Crippen LogP) is 4.34. The molecule has 0 saturated carbocycles. The normalized spacial score (nSPS) is 12.8. The van der Waals surface area contributed by atoms with Gasteiger partial charge < -0.3 is 9.72 Å². The molecule has 108 valence electrons. The molecule has 0 bridgehead atoms. The Bertz CT molecular complexity index is 783. The van der Waals surface area contributed by atoms with Gasteiger partial charge in [0, 0.05) is 34.9 Å². The van der Waals surface area contributed by atoms with E-state index in [9.17, 15) is 8.78 Å². The summed E-state index contributed by atoms with van der Waals surface area (Å²) in [6.45, 7) is 0. The van der Waals surface area contributed by atoms with Crippen LogP contribution in [0.2, 0.25) is 0 Å². The molecule has 21 heavy (non-hydrogen) atoms. The second kappa shape index (κ2) is 5.54. The van der Waals surface area contributed by atoms with Crippen LogP contribution in [0.1, 0.15) is 17.2 Å². The molecule has 0 amide bonds. The van der Waals surface area contributed by atoms with Crippen molar-refractivity contribution < 1.29 is 13.5 Å². The Morgan fingerprint density at radius 1 is 1.29 bits per heavy atom. The molecule has 3 nitrogen and oxygen atoms in total. The van der Waals surface area contributed by atoms with Gasteiger partial charge in [-0.3, -0.25) is 0 Å². The molecule has 3 aromatic rings. The van der Waals surface area contributed by atoms with Crippen LogP contribution in [-0.2, 0) is 4.74 Å². The molecule has 0 saturated heterocycles. The molecule has 0 aliphatic carbocycles. The molecule has 2 heterocycles. The lowest BCUT2D eigenvalue weighted by Gasteiger charge is -2.16. The Morgan fingerprint density at radius 3 is 2.67 bits per heavy atom. The summed E-state index contributed by atoms with van der Waals surface area (Å²) >= 11 is 3.34. The molecule has 2 aromatic heterocycles. The van der Waals surface area contributed by atoms with Crippen LogP contribution in [-0.4, -0.2) is 17.1 Å². The Kier molecular flexibility index (Phi) is 3.73. The number of ether oxygens (including phenoxy) is 1. The molecule has 6 heteroatoms. The summed E-state index contributed by atoms with van der Waals surface area (Å²) in [7, 11) is 1.42. The first-order chi connectivity index (χ1) is 10.1. The van der Waals surface area contributed by atoms with Crippen molar-refractivity contribution in [1.29, 1.82) is 0 Å². The lowest BCUT2D eigenvalue weighted by Crippen LogP contribution is -2.08. The summed E-state index contributed by atoms with van der Waals surface area (Å²) in [5.74, 6) is -1.28. The number of nitrogens with zero attached hydrogens (tertiary/aromatic N) is 1. The Hall–Kier alpha value is -1.79. The highest BCUT2D eigenvalue weighted by Crippen LogP contribution is 2.34. The highest BCUT2D eigenvalue weighted by Gasteiger charge is 2.24. The average Bonchev–Trinajstić information content (AvgIpc) is 2.86. The molecule has 1 unspecified atom stereocenters. The van der Waals surface area contributed by atoms with Crippen LogP contribution in [0, 0.1) is 11.6 Å². The lowest BCUT2D eigenvalue weighted by atomic mass is 10.0. The molecule has 1 atom stereocenters. The van der Waals surface area contributed by atoms with Gasteiger partial charge in [-0.2, -0.15) is 0 Å². The van der Waals surface area contributed by atoms with E-state index in [0.29, 0.717) is 11.2 Å². The van der Waals surface area contributed by atoms with Crippen molar-refractivity contribution in [2.24, 2.45) is 0 Å². The van der Waals surface area contributed by atoms with Crippen LogP contribution in [0.4, 0.5) is 8.78 Å². The summed E-state index contributed by atoms with van der Waals surface area (Å²) in [6, 6.07) is 5.59. The number of aromatic amines is 1. The van der Waals surface area contributed by atoms with Crippen molar-refractivity contribution in [3.05, 3.63) is 63.9 Å². The number of methoxy groups -OCH3 is 1. The predicted molar refractivity (Wildman–Crippen MR) is 79.0 cm³/mol. The topological polar surface area (TPSA) is 37.9 Å². The number of benzene rings is 1. The van der Waals surface area contributed by atoms with E-state index < -0.39 is 17.7 Å². The van der Waals surface area contributed by atoms with Gasteiger partial charge in [-0.05, 0) is 34.1 Å². The standard InChI is InChI=1S/C15H11BrF2N2O/c1-21-14(13-11(17)3-2-4-12(13)18)10-7-20-15-9(10)5-8(16)6-19-15/h2-7,14H,1H3,(H,19,20). The van der Waals surface area contributed by atoms with Gasteiger partial charge in [0.25, 0.3) is 0 Å². The molecule has 0 spiro atoms. The van der Waals surface area contributed by atoms with E-state index in [2.05, 4.69) is 25.9 Å². The fourth-order valence-electron chi connectivity index (χ4n) is 2.38. The second-order valence-corrected chi connectivity index (χ2v) is 5.46. The van der Waals surface area contributed by atoms with E-state index >= 15 is 0 Å². The van der Waals surface area contributed by atoms with Crippen molar-refractivity contribution in [3.63, 3.8) is 0 Å². The van der Waals surface area contributed by atoms with Gasteiger partial charge in [0.15, 0.2) is 0 Å². The fraction of sp³-hybridized carbons (Fsp3) is 0.133. The summed E-state index contributed by atoms with van der Waals surface area (Å²) < 4.78 is 34.1. The third-order valence-corrected chi connectivity index (χ3v) is 3.74. The zero-order valence-corrected chi connectivity index (χ0v) is 12.6. The third kappa shape index (κ3) is 2.45. The van der Waals surface area contributed by atoms with Crippen LogP contribution < -0.4 is 0 Å². The van der Waals surface area contributed by atoms with Crippen LogP contribution in [0.15, 0.2) is 41.1 Å². The maximum absolute atomic E-state index is 14.0. The van der Waals surface area contributed by atoms with E-state index in [4.69, 9.17) is 4.74 Å². The van der Waals surface area contributed by atoms with Crippen LogP contribution >= 0.6 is 15.9 Å². The van der Waals surface area contributed by atoms with E-state index in [0.717, 1.165) is 9.86 Å². The lowest BCUT2D eigenvalue weighted by molar-refractivity contribution is 0.130. The number of aromatic nitrogens is 2. The molecule has 3 rings (SSSR count). The number of hydrogen-bond acceptors (Lipinski definition) is 2. The molecule has 1 aromatic carbocycles. The van der Waals surface area contributed by atoms with Crippen molar-refractivity contribution >= 4 is 27.0 Å². The highest BCUT2D eigenvalue weighted by atomic mass is 79.9. The average molecular weight is 353 g/mol. The van der Waals surface area contributed by atoms with Gasteiger partial charge in [0.2, 0.25) is 0 Å². The number of rotatable bonds is 3. The molecule has 0 radical (unpaired) electrons. The Balaban J connectivity index is 2.21. The maximum atomic E-state index is 14.0. The molecular weight excluding hydrogens is 342 g/mol. The maximum Gasteiger partial charge on any atom is 0.137 e. The summed E-state index contributed by atoms with van der Waals surface area (Å²) in [5.41, 5.74) is 1.15. The summed E-state index contributed by atoms with van der Waals surface area (Å²) in [6.07, 6.45) is 2.45. The van der Waals surface area contributed by atoms with E-state index in [1.54, 1.807) is 12.4 Å². The minimum atomic E-state index is -0.851.